The predicted octanol–water partition coefficient (Wildman–Crippen LogP) is 2.57. The van der Waals surface area contributed by atoms with Crippen LogP contribution in [-0.4, -0.2) is 19.7 Å². The van der Waals surface area contributed by atoms with Crippen molar-refractivity contribution in [3.05, 3.63) is 48.8 Å². The maximum atomic E-state index is 11.4. The van der Waals surface area contributed by atoms with Crippen LogP contribution in [0.25, 0.3) is 11.1 Å². The predicted molar refractivity (Wildman–Crippen MR) is 70.0 cm³/mol. The number of pyridine rings is 1. The lowest BCUT2D eigenvalue weighted by atomic mass is 10.1. The highest BCUT2D eigenvalue weighted by atomic mass is 35.5. The summed E-state index contributed by atoms with van der Waals surface area (Å²) < 4.78 is 22.8. The summed E-state index contributed by atoms with van der Waals surface area (Å²) in [6, 6.07) is 10.6. The van der Waals surface area contributed by atoms with Crippen molar-refractivity contribution in [1.29, 1.82) is 0 Å². The third-order valence-electron chi connectivity index (χ3n) is 2.28. The van der Waals surface area contributed by atoms with E-state index in [1.54, 1.807) is 30.6 Å². The van der Waals surface area contributed by atoms with Gasteiger partial charge in [0.1, 0.15) is 0 Å². The van der Waals surface area contributed by atoms with Gasteiger partial charge in [-0.05, 0) is 35.4 Å². The molecule has 5 heteroatoms. The van der Waals surface area contributed by atoms with Crippen molar-refractivity contribution >= 4 is 22.2 Å². The van der Waals surface area contributed by atoms with E-state index in [1.807, 2.05) is 18.2 Å². The van der Waals surface area contributed by atoms with E-state index >= 15 is 0 Å². The quantitative estimate of drug-likeness (QED) is 0.842. The molecule has 0 aliphatic rings. The summed E-state index contributed by atoms with van der Waals surface area (Å²) in [4.78, 5) is 4.26. The van der Waals surface area contributed by atoms with E-state index in [4.69, 9.17) is 0 Å². The van der Waals surface area contributed by atoms with Crippen LogP contribution in [0.1, 0.15) is 0 Å². The summed E-state index contributed by atoms with van der Waals surface area (Å²) in [5, 5.41) is 0. The first kappa shape index (κ1) is 13.7. The van der Waals surface area contributed by atoms with Crippen LogP contribution < -0.4 is 0 Å². The fraction of sp³-hybridized carbons (Fsp3) is 0.0833. The molecule has 0 aliphatic heterocycles. The first-order valence-electron chi connectivity index (χ1n) is 4.78. The third-order valence-corrected chi connectivity index (χ3v) is 3.39. The zero-order chi connectivity index (χ0) is 11.6. The minimum Gasteiger partial charge on any atom is -0.265 e. The Bertz CT molecular complexity index is 597. The fourth-order valence-electron chi connectivity index (χ4n) is 1.45. The summed E-state index contributed by atoms with van der Waals surface area (Å²) >= 11 is 0. The van der Waals surface area contributed by atoms with Crippen LogP contribution in [0.15, 0.2) is 53.7 Å². The topological polar surface area (TPSA) is 47.0 Å². The number of nitrogens with zero attached hydrogens (tertiary/aromatic N) is 1. The van der Waals surface area contributed by atoms with E-state index in [2.05, 4.69) is 4.98 Å². The summed E-state index contributed by atoms with van der Waals surface area (Å²) in [6.45, 7) is 0. The second-order valence-electron chi connectivity index (χ2n) is 3.54. The molecule has 0 bridgehead atoms. The average molecular weight is 270 g/mol. The van der Waals surface area contributed by atoms with E-state index in [0.717, 1.165) is 11.1 Å². The Kier molecular flexibility index (Phi) is 4.26. The highest BCUT2D eigenvalue weighted by Crippen LogP contribution is 2.21. The van der Waals surface area contributed by atoms with Gasteiger partial charge < -0.3 is 0 Å². The van der Waals surface area contributed by atoms with Crippen molar-refractivity contribution < 1.29 is 8.42 Å². The van der Waals surface area contributed by atoms with Crippen LogP contribution in [0, 0.1) is 0 Å². The molecule has 0 radical (unpaired) electrons. The fourth-order valence-corrected chi connectivity index (χ4v) is 2.12. The van der Waals surface area contributed by atoms with Gasteiger partial charge in [-0.15, -0.1) is 12.4 Å². The van der Waals surface area contributed by atoms with Gasteiger partial charge in [-0.2, -0.15) is 0 Å². The van der Waals surface area contributed by atoms with Gasteiger partial charge in [-0.25, -0.2) is 8.42 Å². The SMILES string of the molecule is CS(=O)(=O)c1cccc(-c2ccncc2)c1.Cl. The van der Waals surface area contributed by atoms with Crippen molar-refractivity contribution in [2.45, 2.75) is 4.90 Å². The maximum absolute atomic E-state index is 11.4. The van der Waals surface area contributed by atoms with Gasteiger partial charge in [0, 0.05) is 18.6 Å². The molecule has 0 saturated carbocycles. The molecule has 2 aromatic rings. The van der Waals surface area contributed by atoms with Crippen molar-refractivity contribution in [2.75, 3.05) is 6.26 Å². The number of benzene rings is 1. The number of rotatable bonds is 2. The first-order valence-corrected chi connectivity index (χ1v) is 6.67. The third kappa shape index (κ3) is 3.28. The molecule has 2 rings (SSSR count). The van der Waals surface area contributed by atoms with Gasteiger partial charge in [-0.3, -0.25) is 4.98 Å². The zero-order valence-electron chi connectivity index (χ0n) is 9.20. The molecule has 1 aromatic carbocycles. The largest absolute Gasteiger partial charge is 0.265 e. The minimum atomic E-state index is -3.15. The zero-order valence-corrected chi connectivity index (χ0v) is 10.8. The van der Waals surface area contributed by atoms with E-state index < -0.39 is 9.84 Å². The van der Waals surface area contributed by atoms with Crippen LogP contribution in [-0.2, 0) is 9.84 Å². The van der Waals surface area contributed by atoms with Crippen molar-refractivity contribution in [2.24, 2.45) is 0 Å². The van der Waals surface area contributed by atoms with Gasteiger partial charge in [0.2, 0.25) is 0 Å². The van der Waals surface area contributed by atoms with Gasteiger partial charge >= 0.3 is 0 Å². The Morgan fingerprint density at radius 1 is 1.00 bits per heavy atom. The molecule has 3 nitrogen and oxygen atoms in total. The van der Waals surface area contributed by atoms with E-state index in [9.17, 15) is 8.42 Å². The second kappa shape index (κ2) is 5.29. The highest BCUT2D eigenvalue weighted by Gasteiger charge is 2.07. The Hall–Kier alpha value is -1.39. The summed E-state index contributed by atoms with van der Waals surface area (Å²) in [5.74, 6) is 0. The van der Waals surface area contributed by atoms with Crippen molar-refractivity contribution in [1.82, 2.24) is 4.98 Å². The standard InChI is InChI=1S/C12H11NO2S.ClH/c1-16(14,15)12-4-2-3-11(9-12)10-5-7-13-8-6-10;/h2-9H,1H3;1H. The molecule has 0 spiro atoms. The normalized spacial score (nSPS) is 10.6. The molecular formula is C12H12ClNO2S. The van der Waals surface area contributed by atoms with Gasteiger partial charge in [0.05, 0.1) is 4.90 Å². The smallest absolute Gasteiger partial charge is 0.175 e. The van der Waals surface area contributed by atoms with E-state index in [0.29, 0.717) is 4.90 Å². The van der Waals surface area contributed by atoms with E-state index in [-0.39, 0.29) is 12.4 Å². The summed E-state index contributed by atoms with van der Waals surface area (Å²) in [7, 11) is -3.15. The highest BCUT2D eigenvalue weighted by molar-refractivity contribution is 7.90. The lowest BCUT2D eigenvalue weighted by Crippen LogP contribution is -1.96. The van der Waals surface area contributed by atoms with Gasteiger partial charge in [-0.1, -0.05) is 12.1 Å². The van der Waals surface area contributed by atoms with E-state index in [1.165, 1.54) is 6.26 Å². The van der Waals surface area contributed by atoms with Crippen LogP contribution in [0.3, 0.4) is 0 Å². The van der Waals surface area contributed by atoms with Crippen LogP contribution in [0.5, 0.6) is 0 Å². The van der Waals surface area contributed by atoms with Crippen LogP contribution >= 0.6 is 12.4 Å². The Morgan fingerprint density at radius 3 is 2.24 bits per heavy atom. The number of sulfone groups is 1. The molecular weight excluding hydrogens is 258 g/mol. The molecule has 0 unspecified atom stereocenters. The number of hydrogen-bond acceptors (Lipinski definition) is 3. The number of aromatic nitrogens is 1. The molecule has 0 amide bonds. The average Bonchev–Trinajstić information content (AvgIpc) is 2.29. The molecule has 1 heterocycles. The van der Waals surface area contributed by atoms with Crippen LogP contribution in [0.2, 0.25) is 0 Å². The van der Waals surface area contributed by atoms with Gasteiger partial charge in [0.25, 0.3) is 0 Å². The lowest BCUT2D eigenvalue weighted by molar-refractivity contribution is 0.602. The molecule has 0 aliphatic carbocycles. The summed E-state index contributed by atoms with van der Waals surface area (Å²) in [5.41, 5.74) is 1.84. The monoisotopic (exact) mass is 269 g/mol. The first-order chi connectivity index (χ1) is 7.57. The molecule has 0 atom stereocenters. The molecule has 0 fully saturated rings. The van der Waals surface area contributed by atoms with Crippen molar-refractivity contribution in [3.63, 3.8) is 0 Å². The Morgan fingerprint density at radius 2 is 1.65 bits per heavy atom. The lowest BCUT2D eigenvalue weighted by Gasteiger charge is -2.03. The minimum absolute atomic E-state index is 0. The molecule has 17 heavy (non-hydrogen) atoms. The second-order valence-corrected chi connectivity index (χ2v) is 5.55. The van der Waals surface area contributed by atoms with Gasteiger partial charge in [0.15, 0.2) is 9.84 Å². The summed E-state index contributed by atoms with van der Waals surface area (Å²) in [6.07, 6.45) is 4.57. The number of hydrogen-bond donors (Lipinski definition) is 0. The Labute approximate surface area is 107 Å². The molecule has 0 saturated heterocycles. The maximum Gasteiger partial charge on any atom is 0.175 e. The number of halogens is 1. The molecule has 90 valence electrons. The molecule has 1 aromatic heterocycles. The Balaban J connectivity index is 0.00000144. The van der Waals surface area contributed by atoms with Crippen LogP contribution in [0.4, 0.5) is 0 Å². The molecule has 0 N–H and O–H groups in total. The van der Waals surface area contributed by atoms with Crippen molar-refractivity contribution in [3.8, 4) is 11.1 Å².